The third-order valence-corrected chi connectivity index (χ3v) is 2.70. The van der Waals surface area contributed by atoms with Gasteiger partial charge in [0.15, 0.2) is 0 Å². The first-order valence-electron chi connectivity index (χ1n) is 7.75. The first-order valence-corrected chi connectivity index (χ1v) is 7.75. The van der Waals surface area contributed by atoms with E-state index in [1.807, 2.05) is 59.7 Å². The van der Waals surface area contributed by atoms with Crippen LogP contribution in [0.15, 0.2) is 18.2 Å². The Kier molecular flexibility index (Phi) is 6.65. The second kappa shape index (κ2) is 8.23. The van der Waals surface area contributed by atoms with Crippen LogP contribution in [0.3, 0.4) is 0 Å². The zero-order valence-corrected chi connectivity index (χ0v) is 14.7. The molecule has 23 heavy (non-hydrogen) atoms. The average Bonchev–Trinajstić information content (AvgIpc) is 2.85. The number of H-pyrrole nitrogens is 1. The van der Waals surface area contributed by atoms with E-state index < -0.39 is 11.7 Å². The number of hydrogen-bond acceptors (Lipinski definition) is 3. The molecule has 0 radical (unpaired) electrons. The van der Waals surface area contributed by atoms with E-state index in [1.54, 1.807) is 0 Å². The van der Waals surface area contributed by atoms with Crippen LogP contribution in [0.25, 0.3) is 10.9 Å². The number of ether oxygens (including phenoxy) is 1. The number of carbonyl (C=O) groups excluding carboxylic acids is 1. The summed E-state index contributed by atoms with van der Waals surface area (Å²) in [6, 6.07) is 5.84. The van der Waals surface area contributed by atoms with Crippen molar-refractivity contribution in [2.75, 3.05) is 6.54 Å². The summed E-state index contributed by atoms with van der Waals surface area (Å²) in [5, 5.41) is 10.8. The largest absolute Gasteiger partial charge is 0.444 e. The Hall–Kier alpha value is -2.48. The maximum Gasteiger partial charge on any atom is 0.408 e. The maximum absolute atomic E-state index is 11.4. The number of benzene rings is 1. The predicted molar refractivity (Wildman–Crippen MR) is 93.3 cm³/mol. The van der Waals surface area contributed by atoms with Gasteiger partial charge in [-0.1, -0.05) is 25.7 Å². The molecule has 0 fully saturated rings. The highest BCUT2D eigenvalue weighted by atomic mass is 16.6. The number of carbonyl (C=O) groups is 1. The van der Waals surface area contributed by atoms with Gasteiger partial charge in [0.1, 0.15) is 5.60 Å². The summed E-state index contributed by atoms with van der Waals surface area (Å²) in [5.41, 5.74) is 2.29. The molecule has 0 aliphatic heterocycles. The van der Waals surface area contributed by atoms with Gasteiger partial charge in [0, 0.05) is 16.6 Å². The molecular weight excluding hydrogens is 290 g/mol. The molecule has 1 heterocycles. The van der Waals surface area contributed by atoms with E-state index in [9.17, 15) is 4.79 Å². The molecule has 1 aromatic carbocycles. The molecule has 0 saturated carbocycles. The lowest BCUT2D eigenvalue weighted by atomic mass is 10.1. The number of aromatic amines is 1. The lowest BCUT2D eigenvalue weighted by Gasteiger charge is -2.18. The van der Waals surface area contributed by atoms with Gasteiger partial charge in [-0.3, -0.25) is 5.10 Å². The first-order chi connectivity index (χ1) is 10.8. The minimum atomic E-state index is -0.500. The van der Waals surface area contributed by atoms with Crippen LogP contribution in [0.1, 0.15) is 45.9 Å². The summed E-state index contributed by atoms with van der Waals surface area (Å²) in [7, 11) is 0. The Morgan fingerprint density at radius 3 is 2.70 bits per heavy atom. The molecule has 5 nitrogen and oxygen atoms in total. The number of amides is 1. The van der Waals surface area contributed by atoms with Crippen LogP contribution in [-0.2, 0) is 4.74 Å². The highest BCUT2D eigenvalue weighted by Gasteiger charge is 2.14. The van der Waals surface area contributed by atoms with Gasteiger partial charge in [0.2, 0.25) is 0 Å². The second-order valence-corrected chi connectivity index (χ2v) is 5.74. The van der Waals surface area contributed by atoms with Crippen LogP contribution in [0.5, 0.6) is 0 Å². The van der Waals surface area contributed by atoms with Crippen molar-refractivity contribution in [2.24, 2.45) is 0 Å². The molecule has 0 aliphatic carbocycles. The molecule has 2 rings (SSSR count). The molecule has 0 spiro atoms. The summed E-state index contributed by atoms with van der Waals surface area (Å²) < 4.78 is 5.12. The fraction of sp³-hybridized carbons (Fsp3) is 0.444. The van der Waals surface area contributed by atoms with Crippen molar-refractivity contribution in [2.45, 2.75) is 47.1 Å². The van der Waals surface area contributed by atoms with Crippen LogP contribution < -0.4 is 5.32 Å². The van der Waals surface area contributed by atoms with Crippen LogP contribution in [0.2, 0.25) is 0 Å². The normalized spacial score (nSPS) is 10.2. The van der Waals surface area contributed by atoms with Crippen molar-refractivity contribution >= 4 is 17.0 Å². The highest BCUT2D eigenvalue weighted by molar-refractivity contribution is 5.82. The second-order valence-electron chi connectivity index (χ2n) is 5.74. The van der Waals surface area contributed by atoms with Gasteiger partial charge < -0.3 is 10.1 Å². The van der Waals surface area contributed by atoms with Crippen LogP contribution in [-0.4, -0.2) is 28.4 Å². The predicted octanol–water partition coefficient (Wildman–Crippen LogP) is 3.77. The molecule has 1 aromatic heterocycles. The van der Waals surface area contributed by atoms with Crippen LogP contribution in [0.4, 0.5) is 4.79 Å². The number of fused-ring (bicyclic) bond motifs is 1. The van der Waals surface area contributed by atoms with Gasteiger partial charge in [-0.25, -0.2) is 4.79 Å². The number of aryl methyl sites for hydroxylation is 1. The Labute approximate surface area is 137 Å². The van der Waals surface area contributed by atoms with E-state index in [2.05, 4.69) is 27.4 Å². The number of rotatable bonds is 1. The third-order valence-electron chi connectivity index (χ3n) is 2.70. The Morgan fingerprint density at radius 2 is 2.04 bits per heavy atom. The van der Waals surface area contributed by atoms with Gasteiger partial charge in [-0.15, -0.1) is 0 Å². The molecule has 2 N–H and O–H groups in total. The maximum atomic E-state index is 11.4. The van der Waals surface area contributed by atoms with Gasteiger partial charge in [0.05, 0.1) is 12.1 Å². The molecule has 0 bridgehead atoms. The third kappa shape index (κ3) is 6.03. The zero-order chi connectivity index (χ0) is 17.5. The summed E-state index contributed by atoms with van der Waals surface area (Å²) in [6.45, 7) is 11.7. The minimum absolute atomic E-state index is 0.243. The van der Waals surface area contributed by atoms with Crippen molar-refractivity contribution in [3.8, 4) is 11.8 Å². The number of alkyl carbamates (subject to hydrolysis) is 1. The number of nitrogens with zero attached hydrogens (tertiary/aromatic N) is 1. The average molecular weight is 315 g/mol. The molecule has 5 heteroatoms. The molecule has 0 unspecified atom stereocenters. The lowest BCUT2D eigenvalue weighted by molar-refractivity contribution is 0.0535. The van der Waals surface area contributed by atoms with E-state index in [-0.39, 0.29) is 6.54 Å². The van der Waals surface area contributed by atoms with Crippen LogP contribution in [0, 0.1) is 18.8 Å². The topological polar surface area (TPSA) is 67.0 Å². The lowest BCUT2D eigenvalue weighted by Crippen LogP contribution is -2.32. The molecule has 124 valence electrons. The van der Waals surface area contributed by atoms with Gasteiger partial charge >= 0.3 is 6.09 Å². The minimum Gasteiger partial charge on any atom is -0.444 e. The highest BCUT2D eigenvalue weighted by Crippen LogP contribution is 2.15. The Morgan fingerprint density at radius 1 is 1.35 bits per heavy atom. The SMILES string of the molecule is CC.Cc1[nH]nc2cc(C#CCNC(=O)OC(C)(C)C)ccc12. The van der Waals surface area contributed by atoms with Gasteiger partial charge in [0.25, 0.3) is 0 Å². The van der Waals surface area contributed by atoms with E-state index in [1.165, 1.54) is 0 Å². The quantitative estimate of drug-likeness (QED) is 0.787. The number of aromatic nitrogens is 2. The monoisotopic (exact) mass is 315 g/mol. The molecule has 0 saturated heterocycles. The van der Waals surface area contributed by atoms with Crippen molar-refractivity contribution < 1.29 is 9.53 Å². The summed E-state index contributed by atoms with van der Waals surface area (Å²) in [5.74, 6) is 5.88. The fourth-order valence-electron chi connectivity index (χ4n) is 1.80. The number of nitrogens with one attached hydrogen (secondary N) is 2. The first kappa shape index (κ1) is 18.6. The Bertz CT molecular complexity index is 715. The van der Waals surface area contributed by atoms with Crippen molar-refractivity contribution in [3.63, 3.8) is 0 Å². The van der Waals surface area contributed by atoms with E-state index >= 15 is 0 Å². The van der Waals surface area contributed by atoms with Crippen molar-refractivity contribution in [3.05, 3.63) is 29.5 Å². The number of hydrogen-bond donors (Lipinski definition) is 2. The molecular formula is C18H25N3O2. The summed E-state index contributed by atoms with van der Waals surface area (Å²) >= 11 is 0. The smallest absolute Gasteiger partial charge is 0.408 e. The Balaban J connectivity index is 0.00000127. The van der Waals surface area contributed by atoms with Crippen molar-refractivity contribution in [1.29, 1.82) is 0 Å². The standard InChI is InChI=1S/C16H19N3O2.C2H6/c1-11-13-8-7-12(10-14(13)19-18-11)6-5-9-17-15(20)21-16(2,3)4;1-2/h7-8,10H,9H2,1-4H3,(H,17,20)(H,18,19);1-2H3. The molecule has 0 atom stereocenters. The van der Waals surface area contributed by atoms with Crippen LogP contribution >= 0.6 is 0 Å². The fourth-order valence-corrected chi connectivity index (χ4v) is 1.80. The van der Waals surface area contributed by atoms with E-state index in [0.29, 0.717) is 0 Å². The van der Waals surface area contributed by atoms with Gasteiger partial charge in [-0.05, 0) is 45.9 Å². The summed E-state index contributed by atoms with van der Waals surface area (Å²) in [4.78, 5) is 11.4. The van der Waals surface area contributed by atoms with Gasteiger partial charge in [-0.2, -0.15) is 5.10 Å². The summed E-state index contributed by atoms with van der Waals surface area (Å²) in [6.07, 6.45) is -0.463. The molecule has 2 aromatic rings. The zero-order valence-electron chi connectivity index (χ0n) is 14.7. The van der Waals surface area contributed by atoms with E-state index in [4.69, 9.17) is 4.74 Å². The molecule has 0 aliphatic rings. The van der Waals surface area contributed by atoms with Crippen molar-refractivity contribution in [1.82, 2.24) is 15.5 Å². The van der Waals surface area contributed by atoms with E-state index in [0.717, 1.165) is 22.2 Å². The molecule has 1 amide bonds.